The lowest BCUT2D eigenvalue weighted by Crippen LogP contribution is -2.02. The van der Waals surface area contributed by atoms with E-state index in [9.17, 15) is 26.3 Å². The predicted octanol–water partition coefficient (Wildman–Crippen LogP) is 6.33. The van der Waals surface area contributed by atoms with Gasteiger partial charge >= 0.3 is 0 Å². The molecule has 146 valence electrons. The van der Waals surface area contributed by atoms with Crippen molar-refractivity contribution in [1.29, 1.82) is 0 Å². The topological polar surface area (TPSA) is 9.23 Å². The van der Waals surface area contributed by atoms with Crippen molar-refractivity contribution in [3.8, 4) is 16.9 Å². The van der Waals surface area contributed by atoms with Gasteiger partial charge in [-0.2, -0.15) is 0 Å². The molecule has 0 atom stereocenters. The number of ether oxygens (including phenoxy) is 1. The third-order valence-electron chi connectivity index (χ3n) is 4.18. The Kier molecular flexibility index (Phi) is 5.63. The summed E-state index contributed by atoms with van der Waals surface area (Å²) < 4.78 is 87.1. The van der Waals surface area contributed by atoms with Gasteiger partial charge < -0.3 is 4.74 Å². The maximum atomic E-state index is 14.3. The highest BCUT2D eigenvalue weighted by Gasteiger charge is 2.16. The van der Waals surface area contributed by atoms with Crippen LogP contribution in [0.5, 0.6) is 5.75 Å². The van der Waals surface area contributed by atoms with Crippen molar-refractivity contribution < 1.29 is 31.1 Å². The van der Waals surface area contributed by atoms with Crippen molar-refractivity contribution in [1.82, 2.24) is 0 Å². The molecule has 0 amide bonds. The summed E-state index contributed by atoms with van der Waals surface area (Å²) in [5, 5.41) is 0. The molecule has 28 heavy (non-hydrogen) atoms. The molecule has 0 radical (unpaired) electrons. The molecule has 3 aromatic carbocycles. The molecule has 0 aliphatic rings. The smallest absolute Gasteiger partial charge is 0.194 e. The van der Waals surface area contributed by atoms with E-state index < -0.39 is 40.7 Å². The number of rotatable bonds is 5. The molecule has 7 heteroatoms. The molecular formula is C21H14F6O. The SMILES string of the molecule is CCc1cc(F)c(OCc2ccc(-c3cc(F)c(F)c(F)c3)c(F)c2)c(F)c1. The lowest BCUT2D eigenvalue weighted by atomic mass is 10.0. The Morgan fingerprint density at radius 1 is 0.679 bits per heavy atom. The van der Waals surface area contributed by atoms with Crippen LogP contribution in [0.15, 0.2) is 42.5 Å². The molecule has 0 N–H and O–H groups in total. The number of halogens is 6. The van der Waals surface area contributed by atoms with Gasteiger partial charge in [-0.15, -0.1) is 0 Å². The van der Waals surface area contributed by atoms with E-state index in [1.165, 1.54) is 12.1 Å². The molecule has 3 rings (SSSR count). The maximum absolute atomic E-state index is 14.3. The van der Waals surface area contributed by atoms with Gasteiger partial charge in [0, 0.05) is 5.56 Å². The highest BCUT2D eigenvalue weighted by molar-refractivity contribution is 5.64. The summed E-state index contributed by atoms with van der Waals surface area (Å²) in [6, 6.07) is 7.24. The van der Waals surface area contributed by atoms with Crippen LogP contribution in [0.2, 0.25) is 0 Å². The third kappa shape index (κ3) is 3.98. The zero-order valence-electron chi connectivity index (χ0n) is 14.6. The highest BCUT2D eigenvalue weighted by atomic mass is 19.2. The molecule has 0 saturated carbocycles. The highest BCUT2D eigenvalue weighted by Crippen LogP contribution is 2.28. The van der Waals surface area contributed by atoms with Crippen LogP contribution >= 0.6 is 0 Å². The van der Waals surface area contributed by atoms with Crippen LogP contribution in [-0.4, -0.2) is 0 Å². The van der Waals surface area contributed by atoms with Crippen molar-refractivity contribution in [2.75, 3.05) is 0 Å². The molecular weight excluding hydrogens is 382 g/mol. The summed E-state index contributed by atoms with van der Waals surface area (Å²) >= 11 is 0. The minimum atomic E-state index is -1.65. The molecule has 0 aliphatic heterocycles. The van der Waals surface area contributed by atoms with Gasteiger partial charge in [0.1, 0.15) is 12.4 Å². The molecule has 0 saturated heterocycles. The first-order valence-corrected chi connectivity index (χ1v) is 8.34. The van der Waals surface area contributed by atoms with E-state index >= 15 is 0 Å². The second-order valence-corrected chi connectivity index (χ2v) is 6.10. The summed E-state index contributed by atoms with van der Waals surface area (Å²) in [7, 11) is 0. The Labute approximate surface area is 157 Å². The summed E-state index contributed by atoms with van der Waals surface area (Å²) in [5.41, 5.74) is 0.360. The van der Waals surface area contributed by atoms with Crippen molar-refractivity contribution in [2.24, 2.45) is 0 Å². The fraction of sp³-hybridized carbons (Fsp3) is 0.143. The Morgan fingerprint density at radius 3 is 1.79 bits per heavy atom. The monoisotopic (exact) mass is 396 g/mol. The normalized spacial score (nSPS) is 11.0. The molecule has 3 aromatic rings. The van der Waals surface area contributed by atoms with Gasteiger partial charge in [-0.25, -0.2) is 26.3 Å². The van der Waals surface area contributed by atoms with Crippen LogP contribution in [0.1, 0.15) is 18.1 Å². The van der Waals surface area contributed by atoms with Crippen molar-refractivity contribution >= 4 is 0 Å². The van der Waals surface area contributed by atoms with E-state index in [-0.39, 0.29) is 23.3 Å². The van der Waals surface area contributed by atoms with Crippen LogP contribution in [0.25, 0.3) is 11.1 Å². The van der Waals surface area contributed by atoms with Crippen LogP contribution in [0.3, 0.4) is 0 Å². The molecule has 0 fully saturated rings. The van der Waals surface area contributed by atoms with E-state index in [1.54, 1.807) is 6.92 Å². The van der Waals surface area contributed by atoms with Crippen LogP contribution in [-0.2, 0) is 13.0 Å². The van der Waals surface area contributed by atoms with Crippen molar-refractivity contribution in [3.05, 3.63) is 88.5 Å². The molecule has 0 aliphatic carbocycles. The average molecular weight is 396 g/mol. The lowest BCUT2D eigenvalue weighted by molar-refractivity contribution is 0.273. The van der Waals surface area contributed by atoms with Crippen molar-refractivity contribution in [3.63, 3.8) is 0 Å². The minimum absolute atomic E-state index is 0.161. The lowest BCUT2D eigenvalue weighted by Gasteiger charge is -2.11. The number of hydrogen-bond donors (Lipinski definition) is 0. The molecule has 0 bridgehead atoms. The van der Waals surface area contributed by atoms with Gasteiger partial charge in [-0.3, -0.25) is 0 Å². The van der Waals surface area contributed by atoms with E-state index in [1.807, 2.05) is 0 Å². The Bertz CT molecular complexity index is 985. The van der Waals surface area contributed by atoms with Gasteiger partial charge in [0.2, 0.25) is 0 Å². The van der Waals surface area contributed by atoms with E-state index in [0.29, 0.717) is 24.1 Å². The number of aryl methyl sites for hydroxylation is 1. The zero-order valence-corrected chi connectivity index (χ0v) is 14.6. The standard InChI is InChI=1S/C21H14F6O/c1-2-11-5-18(25)21(19(26)6-11)28-10-12-3-4-14(15(22)7-12)13-8-16(23)20(27)17(24)9-13/h3-9H,2,10H2,1H3. The first kappa shape index (κ1) is 19.8. The molecule has 0 aromatic heterocycles. The summed E-state index contributed by atoms with van der Waals surface area (Å²) in [6.45, 7) is 1.42. The molecule has 0 spiro atoms. The van der Waals surface area contributed by atoms with Crippen LogP contribution < -0.4 is 4.74 Å². The maximum Gasteiger partial charge on any atom is 0.194 e. The zero-order chi connectivity index (χ0) is 20.4. The minimum Gasteiger partial charge on any atom is -0.483 e. The Balaban J connectivity index is 1.82. The van der Waals surface area contributed by atoms with Gasteiger partial charge in [0.15, 0.2) is 34.8 Å². The average Bonchev–Trinajstić information content (AvgIpc) is 2.65. The molecule has 1 nitrogen and oxygen atoms in total. The predicted molar refractivity (Wildman–Crippen MR) is 91.8 cm³/mol. The fourth-order valence-electron chi connectivity index (χ4n) is 2.70. The van der Waals surface area contributed by atoms with E-state index in [4.69, 9.17) is 4.74 Å². The Hall–Kier alpha value is -2.96. The first-order chi connectivity index (χ1) is 13.3. The summed E-state index contributed by atoms with van der Waals surface area (Å²) in [6.07, 6.45) is 0.450. The second-order valence-electron chi connectivity index (χ2n) is 6.10. The van der Waals surface area contributed by atoms with Gasteiger partial charge in [0.25, 0.3) is 0 Å². The first-order valence-electron chi connectivity index (χ1n) is 8.34. The quantitative estimate of drug-likeness (QED) is 0.362. The van der Waals surface area contributed by atoms with E-state index in [0.717, 1.165) is 18.2 Å². The number of hydrogen-bond acceptors (Lipinski definition) is 1. The largest absolute Gasteiger partial charge is 0.483 e. The summed E-state index contributed by atoms with van der Waals surface area (Å²) in [5.74, 6) is -7.70. The Morgan fingerprint density at radius 2 is 1.25 bits per heavy atom. The second kappa shape index (κ2) is 7.96. The summed E-state index contributed by atoms with van der Waals surface area (Å²) in [4.78, 5) is 0. The molecule has 0 heterocycles. The fourth-order valence-corrected chi connectivity index (χ4v) is 2.70. The van der Waals surface area contributed by atoms with Crippen molar-refractivity contribution in [2.45, 2.75) is 20.0 Å². The third-order valence-corrected chi connectivity index (χ3v) is 4.18. The van der Waals surface area contributed by atoms with Crippen LogP contribution in [0.4, 0.5) is 26.3 Å². The van der Waals surface area contributed by atoms with Gasteiger partial charge in [0.05, 0.1) is 0 Å². The van der Waals surface area contributed by atoms with Gasteiger partial charge in [-0.05, 0) is 53.4 Å². The molecule has 0 unspecified atom stereocenters. The van der Waals surface area contributed by atoms with Crippen LogP contribution in [0, 0.1) is 34.9 Å². The number of benzene rings is 3. The van der Waals surface area contributed by atoms with Gasteiger partial charge in [-0.1, -0.05) is 19.1 Å². The van der Waals surface area contributed by atoms with E-state index in [2.05, 4.69) is 0 Å².